The van der Waals surface area contributed by atoms with Gasteiger partial charge in [-0.15, -0.1) is 0 Å². The Kier molecular flexibility index (Phi) is 5.98. The lowest BCUT2D eigenvalue weighted by Crippen LogP contribution is -2.39. The van der Waals surface area contributed by atoms with Crippen LogP contribution < -0.4 is 0 Å². The highest BCUT2D eigenvalue weighted by atomic mass is 35.5. The van der Waals surface area contributed by atoms with Crippen molar-refractivity contribution in [3.8, 4) is 11.3 Å². The number of carboxylic acid groups (broad SMARTS) is 1. The molecule has 1 aromatic heterocycles. The summed E-state index contributed by atoms with van der Waals surface area (Å²) in [5, 5.41) is 12.5. The number of amides is 1. The number of alkyl halides is 2. The van der Waals surface area contributed by atoms with Crippen molar-refractivity contribution >= 4 is 33.3 Å². The largest absolute Gasteiger partial charge is 0.481 e. The van der Waals surface area contributed by atoms with Crippen LogP contribution in [-0.2, 0) is 26.5 Å². The van der Waals surface area contributed by atoms with Gasteiger partial charge in [-0.25, -0.2) is 17.2 Å². The molecule has 4 rings (SSSR count). The first-order valence-corrected chi connectivity index (χ1v) is 12.2. The summed E-state index contributed by atoms with van der Waals surface area (Å²) in [6.07, 6.45) is 0.535. The smallest absolute Gasteiger partial charge is 0.307 e. The van der Waals surface area contributed by atoms with Crippen LogP contribution in [0.5, 0.6) is 0 Å². The molecular formula is C21H22ClF2N3O5S. The average molecular weight is 502 g/mol. The third kappa shape index (κ3) is 4.35. The van der Waals surface area contributed by atoms with E-state index < -0.39 is 57.7 Å². The topological polar surface area (TPSA) is 110 Å². The molecule has 0 unspecified atom stereocenters. The van der Waals surface area contributed by atoms with E-state index in [1.165, 1.54) is 12.1 Å². The van der Waals surface area contributed by atoms with Crippen LogP contribution in [0.1, 0.15) is 19.3 Å². The first kappa shape index (κ1) is 23.6. The lowest BCUT2D eigenvalue weighted by molar-refractivity contribution is -0.149. The zero-order valence-corrected chi connectivity index (χ0v) is 19.2. The summed E-state index contributed by atoms with van der Waals surface area (Å²) in [6.45, 7) is -0.971. The van der Waals surface area contributed by atoms with Gasteiger partial charge in [0.1, 0.15) is 0 Å². The number of halogens is 3. The second-order valence-corrected chi connectivity index (χ2v) is 11.1. The highest BCUT2D eigenvalue weighted by Gasteiger charge is 2.51. The molecule has 178 valence electrons. The zero-order chi connectivity index (χ0) is 24.1. The number of hydrogen-bond donors (Lipinski definition) is 1. The molecule has 1 aromatic carbocycles. The fraction of sp³-hybridized carbons (Fsp3) is 0.476. The molecule has 1 saturated carbocycles. The number of aryl methyl sites for hydroxylation is 1. The molecule has 2 heterocycles. The first-order valence-electron chi connectivity index (χ1n) is 10.3. The van der Waals surface area contributed by atoms with Gasteiger partial charge in [0.15, 0.2) is 9.84 Å². The SMILES string of the molecule is Cn1nccc1-c1ccc(S(=O)(=O)[C@H]2C[C@@H](C(=O)O)[C@H](C(=O)N3CCC(F)(F)C3)C2)c(Cl)c1. The Balaban J connectivity index is 1.60. The molecule has 12 heteroatoms. The van der Waals surface area contributed by atoms with Crippen molar-refractivity contribution in [2.24, 2.45) is 18.9 Å². The molecule has 0 radical (unpaired) electrons. The Morgan fingerprint density at radius 1 is 1.21 bits per heavy atom. The predicted octanol–water partition coefficient (Wildman–Crippen LogP) is 2.86. The van der Waals surface area contributed by atoms with E-state index in [-0.39, 0.29) is 29.3 Å². The summed E-state index contributed by atoms with van der Waals surface area (Å²) in [6, 6.07) is 6.16. The highest BCUT2D eigenvalue weighted by molar-refractivity contribution is 7.92. The molecule has 1 saturated heterocycles. The summed E-state index contributed by atoms with van der Waals surface area (Å²) in [7, 11) is -2.35. The van der Waals surface area contributed by atoms with E-state index >= 15 is 0 Å². The van der Waals surface area contributed by atoms with Gasteiger partial charge in [0, 0.05) is 31.8 Å². The average Bonchev–Trinajstić information content (AvgIpc) is 3.45. The molecule has 2 aliphatic rings. The number of aromatic nitrogens is 2. The number of carbonyl (C=O) groups excluding carboxylic acids is 1. The van der Waals surface area contributed by atoms with E-state index in [1.807, 2.05) is 0 Å². The summed E-state index contributed by atoms with van der Waals surface area (Å²) in [5.41, 5.74) is 1.37. The second-order valence-electron chi connectivity index (χ2n) is 8.54. The Morgan fingerprint density at radius 2 is 1.91 bits per heavy atom. The standard InChI is InChI=1S/C21H22ClF2N3O5S/c1-26-17(4-6-25-26)12-2-3-18(16(22)8-12)33(31,32)13-9-14(15(10-13)20(29)30)19(28)27-7-5-21(23,24)11-27/h2-4,6,8,13-15H,5,7,9-11H2,1H3,(H,29,30)/t13-,14-,15-/m1/s1. The van der Waals surface area contributed by atoms with Gasteiger partial charge in [-0.1, -0.05) is 17.7 Å². The number of benzene rings is 1. The molecule has 0 spiro atoms. The number of carbonyl (C=O) groups is 2. The van der Waals surface area contributed by atoms with E-state index in [2.05, 4.69) is 5.10 Å². The lowest BCUT2D eigenvalue weighted by atomic mass is 9.95. The van der Waals surface area contributed by atoms with Crippen LogP contribution in [0.25, 0.3) is 11.3 Å². The summed E-state index contributed by atoms with van der Waals surface area (Å²) < 4.78 is 55.4. The minimum atomic E-state index is -4.08. The Labute approximate surface area is 194 Å². The fourth-order valence-electron chi connectivity index (χ4n) is 4.68. The lowest BCUT2D eigenvalue weighted by Gasteiger charge is -2.22. The molecule has 2 aromatic rings. The molecule has 1 aliphatic heterocycles. The second kappa shape index (κ2) is 8.35. The minimum absolute atomic E-state index is 0.0328. The van der Waals surface area contributed by atoms with E-state index in [0.29, 0.717) is 5.56 Å². The molecule has 33 heavy (non-hydrogen) atoms. The van der Waals surface area contributed by atoms with E-state index in [0.717, 1.165) is 10.6 Å². The zero-order valence-electron chi connectivity index (χ0n) is 17.6. The van der Waals surface area contributed by atoms with Gasteiger partial charge in [-0.05, 0) is 31.0 Å². The molecule has 1 N–H and O–H groups in total. The van der Waals surface area contributed by atoms with Crippen molar-refractivity contribution in [2.45, 2.75) is 35.3 Å². The molecule has 2 fully saturated rings. The van der Waals surface area contributed by atoms with Crippen LogP contribution >= 0.6 is 11.6 Å². The third-order valence-electron chi connectivity index (χ3n) is 6.43. The first-order chi connectivity index (χ1) is 15.4. The molecule has 1 aliphatic carbocycles. The van der Waals surface area contributed by atoms with Crippen LogP contribution in [0.4, 0.5) is 8.78 Å². The third-order valence-corrected chi connectivity index (χ3v) is 9.09. The van der Waals surface area contributed by atoms with Gasteiger partial charge >= 0.3 is 5.97 Å². The number of rotatable bonds is 5. The quantitative estimate of drug-likeness (QED) is 0.674. The normalized spacial score (nSPS) is 24.8. The highest BCUT2D eigenvalue weighted by Crippen LogP contribution is 2.42. The summed E-state index contributed by atoms with van der Waals surface area (Å²) in [4.78, 5) is 25.4. The van der Waals surface area contributed by atoms with Gasteiger partial charge in [0.25, 0.3) is 5.92 Å². The molecule has 3 atom stereocenters. The van der Waals surface area contributed by atoms with E-state index in [9.17, 15) is 31.9 Å². The Bertz CT molecular complexity index is 1220. The number of carboxylic acids is 1. The van der Waals surface area contributed by atoms with Gasteiger partial charge in [0.2, 0.25) is 5.91 Å². The Hall–Kier alpha value is -2.53. The number of aliphatic carboxylic acids is 1. The Morgan fingerprint density at radius 3 is 2.45 bits per heavy atom. The number of likely N-dealkylation sites (tertiary alicyclic amines) is 1. The maximum atomic E-state index is 13.6. The van der Waals surface area contributed by atoms with Crippen LogP contribution in [0.2, 0.25) is 5.02 Å². The maximum absolute atomic E-state index is 13.6. The van der Waals surface area contributed by atoms with Crippen LogP contribution in [0, 0.1) is 11.8 Å². The number of nitrogens with zero attached hydrogens (tertiary/aromatic N) is 3. The van der Waals surface area contributed by atoms with E-state index in [4.69, 9.17) is 11.6 Å². The maximum Gasteiger partial charge on any atom is 0.307 e. The van der Waals surface area contributed by atoms with Crippen LogP contribution in [0.3, 0.4) is 0 Å². The summed E-state index contributed by atoms with van der Waals surface area (Å²) in [5.74, 6) is -7.56. The van der Waals surface area contributed by atoms with Crippen molar-refractivity contribution in [3.63, 3.8) is 0 Å². The molecular weight excluding hydrogens is 480 g/mol. The van der Waals surface area contributed by atoms with Gasteiger partial charge < -0.3 is 10.0 Å². The van der Waals surface area contributed by atoms with Crippen molar-refractivity contribution in [2.75, 3.05) is 13.1 Å². The van der Waals surface area contributed by atoms with Crippen LogP contribution in [0.15, 0.2) is 35.4 Å². The van der Waals surface area contributed by atoms with Gasteiger partial charge in [-0.3, -0.25) is 14.3 Å². The molecule has 1 amide bonds. The number of sulfone groups is 1. The van der Waals surface area contributed by atoms with Crippen molar-refractivity contribution in [1.82, 2.24) is 14.7 Å². The van der Waals surface area contributed by atoms with Gasteiger partial charge in [0.05, 0.1) is 39.2 Å². The van der Waals surface area contributed by atoms with Crippen LogP contribution in [-0.4, -0.2) is 64.3 Å². The number of hydrogen-bond acceptors (Lipinski definition) is 5. The van der Waals surface area contributed by atoms with E-state index in [1.54, 1.807) is 30.1 Å². The van der Waals surface area contributed by atoms with Gasteiger partial charge in [-0.2, -0.15) is 5.10 Å². The minimum Gasteiger partial charge on any atom is -0.481 e. The van der Waals surface area contributed by atoms with Crippen molar-refractivity contribution in [3.05, 3.63) is 35.5 Å². The summed E-state index contributed by atoms with van der Waals surface area (Å²) >= 11 is 6.31. The van der Waals surface area contributed by atoms with Crippen molar-refractivity contribution in [1.29, 1.82) is 0 Å². The molecule has 8 nitrogen and oxygen atoms in total. The predicted molar refractivity (Wildman–Crippen MR) is 115 cm³/mol. The molecule has 0 bridgehead atoms. The monoisotopic (exact) mass is 501 g/mol. The van der Waals surface area contributed by atoms with Crippen molar-refractivity contribution < 1.29 is 31.9 Å². The fourth-order valence-corrected chi connectivity index (χ4v) is 7.05.